The zero-order valence-corrected chi connectivity index (χ0v) is 14.2. The fraction of sp³-hybridized carbons (Fsp3) is 0.375. The van der Waals surface area contributed by atoms with E-state index in [9.17, 15) is 4.79 Å². The van der Waals surface area contributed by atoms with Crippen LogP contribution in [0.3, 0.4) is 0 Å². The van der Waals surface area contributed by atoms with Gasteiger partial charge in [-0.1, -0.05) is 48.2 Å². The molecule has 1 aliphatic heterocycles. The average Bonchev–Trinajstić information content (AvgIpc) is 3.02. The van der Waals surface area contributed by atoms with Crippen molar-refractivity contribution in [3.8, 4) is 0 Å². The summed E-state index contributed by atoms with van der Waals surface area (Å²) in [6, 6.07) is 6.81. The van der Waals surface area contributed by atoms with Crippen molar-refractivity contribution in [2.75, 3.05) is 11.9 Å². The standard InChI is InChI=1S/C16H18ClN5O2/c1-3-4-9-24-15(23)13-10(2)18-16-19-20-21-22(16)14(13)11-7-5-6-8-12(11)17/h5-8,14H,3-4,9H2,1-2H3,(H,18,19,21)/t14-/m1/s1. The molecule has 2 heterocycles. The number of rotatable bonds is 5. The molecule has 1 aliphatic rings. The van der Waals surface area contributed by atoms with Crippen molar-refractivity contribution < 1.29 is 9.53 Å². The summed E-state index contributed by atoms with van der Waals surface area (Å²) in [6.45, 7) is 4.22. The van der Waals surface area contributed by atoms with Crippen LogP contribution in [0.2, 0.25) is 5.02 Å². The average molecular weight is 348 g/mol. The monoisotopic (exact) mass is 347 g/mol. The number of anilines is 1. The topological polar surface area (TPSA) is 81.9 Å². The van der Waals surface area contributed by atoms with Crippen LogP contribution in [0.15, 0.2) is 35.5 Å². The molecule has 8 heteroatoms. The normalized spacial score (nSPS) is 16.5. The molecule has 0 spiro atoms. The van der Waals surface area contributed by atoms with E-state index in [1.165, 1.54) is 0 Å². The van der Waals surface area contributed by atoms with E-state index in [1.54, 1.807) is 17.7 Å². The summed E-state index contributed by atoms with van der Waals surface area (Å²) < 4.78 is 6.96. The lowest BCUT2D eigenvalue weighted by Crippen LogP contribution is -2.30. The van der Waals surface area contributed by atoms with Crippen LogP contribution in [0.1, 0.15) is 38.3 Å². The number of fused-ring (bicyclic) bond motifs is 1. The van der Waals surface area contributed by atoms with Crippen LogP contribution in [0.5, 0.6) is 0 Å². The number of nitrogens with one attached hydrogen (secondary N) is 1. The smallest absolute Gasteiger partial charge is 0.338 e. The molecular weight excluding hydrogens is 330 g/mol. The first-order chi connectivity index (χ1) is 11.6. The quantitative estimate of drug-likeness (QED) is 0.661. The highest BCUT2D eigenvalue weighted by Gasteiger charge is 2.35. The van der Waals surface area contributed by atoms with Gasteiger partial charge in [-0.05, 0) is 29.8 Å². The van der Waals surface area contributed by atoms with Crippen LogP contribution in [-0.4, -0.2) is 32.8 Å². The van der Waals surface area contributed by atoms with Crippen LogP contribution in [0, 0.1) is 0 Å². The number of nitrogens with zero attached hydrogens (tertiary/aromatic N) is 4. The van der Waals surface area contributed by atoms with E-state index in [0.717, 1.165) is 18.4 Å². The molecule has 0 unspecified atom stereocenters. The van der Waals surface area contributed by atoms with Gasteiger partial charge in [0.2, 0.25) is 5.95 Å². The van der Waals surface area contributed by atoms with Gasteiger partial charge >= 0.3 is 5.97 Å². The molecule has 0 saturated heterocycles. The molecular formula is C16H18ClN5O2. The van der Waals surface area contributed by atoms with Crippen molar-refractivity contribution in [3.63, 3.8) is 0 Å². The van der Waals surface area contributed by atoms with Gasteiger partial charge in [0.05, 0.1) is 12.2 Å². The maximum absolute atomic E-state index is 12.7. The van der Waals surface area contributed by atoms with E-state index in [0.29, 0.717) is 28.8 Å². The third-order valence-corrected chi connectivity index (χ3v) is 4.21. The molecule has 2 aromatic rings. The predicted molar refractivity (Wildman–Crippen MR) is 89.6 cm³/mol. The SMILES string of the molecule is CCCCOC(=O)C1=C(C)Nc2nnnn2[C@@H]1c1ccccc1Cl. The Morgan fingerprint density at radius 3 is 2.96 bits per heavy atom. The highest BCUT2D eigenvalue weighted by molar-refractivity contribution is 6.31. The number of halogens is 1. The Bertz CT molecular complexity index is 786. The van der Waals surface area contributed by atoms with Gasteiger partial charge in [0.1, 0.15) is 6.04 Å². The number of hydrogen-bond donors (Lipinski definition) is 1. The molecule has 7 nitrogen and oxygen atoms in total. The second-order valence-corrected chi connectivity index (χ2v) is 5.93. The number of carbonyl (C=O) groups is 1. The number of carbonyl (C=O) groups excluding carboxylic acids is 1. The van der Waals surface area contributed by atoms with Crippen LogP contribution < -0.4 is 5.32 Å². The molecule has 0 fully saturated rings. The number of hydrogen-bond acceptors (Lipinski definition) is 6. The molecule has 0 bridgehead atoms. The van der Waals surface area contributed by atoms with Crippen molar-refractivity contribution in [2.45, 2.75) is 32.7 Å². The van der Waals surface area contributed by atoms with Crippen LogP contribution in [-0.2, 0) is 9.53 Å². The second-order valence-electron chi connectivity index (χ2n) is 5.52. The molecule has 3 rings (SSSR count). The molecule has 0 radical (unpaired) electrons. The van der Waals surface area contributed by atoms with E-state index in [1.807, 2.05) is 25.1 Å². The number of benzene rings is 1. The minimum atomic E-state index is -0.529. The van der Waals surface area contributed by atoms with E-state index in [-0.39, 0.29) is 5.97 Å². The van der Waals surface area contributed by atoms with Gasteiger partial charge in [0, 0.05) is 16.3 Å². The first-order valence-corrected chi connectivity index (χ1v) is 8.18. The van der Waals surface area contributed by atoms with Gasteiger partial charge in [-0.3, -0.25) is 0 Å². The molecule has 0 amide bonds. The van der Waals surface area contributed by atoms with Gasteiger partial charge in [-0.15, -0.1) is 0 Å². The minimum absolute atomic E-state index is 0.379. The minimum Gasteiger partial charge on any atom is -0.462 e. The van der Waals surface area contributed by atoms with Gasteiger partial charge in [0.25, 0.3) is 0 Å². The van der Waals surface area contributed by atoms with Crippen molar-refractivity contribution in [3.05, 3.63) is 46.1 Å². The number of unbranched alkanes of at least 4 members (excludes halogenated alkanes) is 1. The van der Waals surface area contributed by atoms with Gasteiger partial charge in [-0.25, -0.2) is 4.79 Å². The summed E-state index contributed by atoms with van der Waals surface area (Å²) in [5.41, 5.74) is 1.86. The maximum Gasteiger partial charge on any atom is 0.338 e. The zero-order chi connectivity index (χ0) is 17.1. The van der Waals surface area contributed by atoms with Gasteiger partial charge in [0.15, 0.2) is 0 Å². The summed E-state index contributed by atoms with van der Waals surface area (Å²) in [4.78, 5) is 12.7. The highest BCUT2D eigenvalue weighted by atomic mass is 35.5. The second kappa shape index (κ2) is 7.00. The number of allylic oxidation sites excluding steroid dienone is 1. The summed E-state index contributed by atoms with van der Waals surface area (Å²) in [5, 5.41) is 15.2. The van der Waals surface area contributed by atoms with Crippen molar-refractivity contribution in [2.24, 2.45) is 0 Å². The third kappa shape index (κ3) is 2.99. The lowest BCUT2D eigenvalue weighted by Gasteiger charge is -2.27. The third-order valence-electron chi connectivity index (χ3n) is 3.86. The van der Waals surface area contributed by atoms with Crippen LogP contribution in [0.25, 0.3) is 0 Å². The molecule has 1 aromatic carbocycles. The molecule has 126 valence electrons. The fourth-order valence-electron chi connectivity index (χ4n) is 2.65. The Morgan fingerprint density at radius 2 is 2.21 bits per heavy atom. The molecule has 1 N–H and O–H groups in total. The molecule has 1 aromatic heterocycles. The van der Waals surface area contributed by atoms with Crippen molar-refractivity contribution >= 4 is 23.5 Å². The van der Waals surface area contributed by atoms with Crippen molar-refractivity contribution in [1.82, 2.24) is 20.2 Å². The van der Waals surface area contributed by atoms with Gasteiger partial charge in [-0.2, -0.15) is 4.68 Å². The van der Waals surface area contributed by atoms with Gasteiger partial charge < -0.3 is 10.1 Å². The van der Waals surface area contributed by atoms with E-state index in [4.69, 9.17) is 16.3 Å². The lowest BCUT2D eigenvalue weighted by atomic mass is 9.96. The predicted octanol–water partition coefficient (Wildman–Crippen LogP) is 2.96. The molecule has 0 aliphatic carbocycles. The number of ether oxygens (including phenoxy) is 1. The van der Waals surface area contributed by atoms with Crippen LogP contribution in [0.4, 0.5) is 5.95 Å². The summed E-state index contributed by atoms with van der Waals surface area (Å²) in [7, 11) is 0. The Morgan fingerprint density at radius 1 is 1.42 bits per heavy atom. The fourth-order valence-corrected chi connectivity index (χ4v) is 2.89. The first-order valence-electron chi connectivity index (χ1n) is 7.80. The zero-order valence-electron chi connectivity index (χ0n) is 13.5. The van der Waals surface area contributed by atoms with Crippen LogP contribution >= 0.6 is 11.6 Å². The highest BCUT2D eigenvalue weighted by Crippen LogP contribution is 2.37. The van der Waals surface area contributed by atoms with Crippen molar-refractivity contribution in [1.29, 1.82) is 0 Å². The molecule has 24 heavy (non-hydrogen) atoms. The number of aromatic nitrogens is 4. The van der Waals surface area contributed by atoms with E-state index >= 15 is 0 Å². The number of esters is 1. The first kappa shape index (κ1) is 16.4. The Kier molecular flexibility index (Phi) is 4.80. The Labute approximate surface area is 144 Å². The number of tetrazole rings is 1. The van der Waals surface area contributed by atoms with E-state index in [2.05, 4.69) is 20.8 Å². The largest absolute Gasteiger partial charge is 0.462 e. The molecule has 0 saturated carbocycles. The lowest BCUT2D eigenvalue weighted by molar-refractivity contribution is -0.139. The Balaban J connectivity index is 2.04. The molecule has 1 atom stereocenters. The van der Waals surface area contributed by atoms with E-state index < -0.39 is 6.04 Å². The Hall–Kier alpha value is -2.41. The summed E-state index contributed by atoms with van der Waals surface area (Å²) >= 11 is 6.36. The summed E-state index contributed by atoms with van der Waals surface area (Å²) in [6.07, 6.45) is 1.77. The maximum atomic E-state index is 12.7. The summed E-state index contributed by atoms with van der Waals surface area (Å²) in [5.74, 6) is 0.0713.